The van der Waals surface area contributed by atoms with Crippen molar-refractivity contribution in [1.82, 2.24) is 9.55 Å². The molecule has 19 heavy (non-hydrogen) atoms. The minimum absolute atomic E-state index is 0.423. The molecule has 2 unspecified atom stereocenters. The maximum Gasteiger partial charge on any atom is 0.112 e. The molecule has 3 rings (SSSR count). The summed E-state index contributed by atoms with van der Waals surface area (Å²) in [5, 5.41) is 10.9. The van der Waals surface area contributed by atoms with Crippen LogP contribution in [0.5, 0.6) is 0 Å². The number of hydrogen-bond acceptors (Lipinski definition) is 2. The van der Waals surface area contributed by atoms with Crippen molar-refractivity contribution < 1.29 is 5.11 Å². The van der Waals surface area contributed by atoms with Crippen LogP contribution in [-0.2, 0) is 13.5 Å². The number of hydrogen-bond donors (Lipinski definition) is 1. The quantitative estimate of drug-likeness (QED) is 0.919. The summed E-state index contributed by atoms with van der Waals surface area (Å²) < 4.78 is 2.12. The number of nitrogens with zero attached hydrogens (tertiary/aromatic N) is 2. The number of benzene rings is 1. The molecule has 3 nitrogen and oxygen atoms in total. The number of fused-ring (bicyclic) bond motifs is 1. The van der Waals surface area contributed by atoms with Crippen LogP contribution in [0.25, 0.3) is 11.0 Å². The van der Waals surface area contributed by atoms with Crippen LogP contribution in [0.3, 0.4) is 0 Å². The van der Waals surface area contributed by atoms with E-state index in [-0.39, 0.29) is 0 Å². The highest BCUT2D eigenvalue weighted by molar-refractivity contribution is 5.75. The third-order valence-electron chi connectivity index (χ3n) is 4.76. The van der Waals surface area contributed by atoms with E-state index in [1.54, 1.807) is 0 Å². The van der Waals surface area contributed by atoms with Gasteiger partial charge in [0.05, 0.1) is 16.6 Å². The van der Waals surface area contributed by atoms with Crippen molar-refractivity contribution in [1.29, 1.82) is 0 Å². The first kappa shape index (κ1) is 12.7. The lowest BCUT2D eigenvalue weighted by Crippen LogP contribution is -2.36. The lowest BCUT2D eigenvalue weighted by molar-refractivity contribution is -0.000702. The lowest BCUT2D eigenvalue weighted by atomic mass is 9.85. The molecule has 1 aromatic carbocycles. The molecule has 0 aliphatic heterocycles. The fourth-order valence-electron chi connectivity index (χ4n) is 3.57. The molecule has 102 valence electrons. The molecule has 1 saturated carbocycles. The highest BCUT2D eigenvalue weighted by Gasteiger charge is 2.40. The summed E-state index contributed by atoms with van der Waals surface area (Å²) in [6.07, 6.45) is 4.93. The van der Waals surface area contributed by atoms with E-state index < -0.39 is 5.60 Å². The molecule has 2 aromatic rings. The average molecular weight is 258 g/mol. The van der Waals surface area contributed by atoms with E-state index in [1.165, 1.54) is 0 Å². The Balaban J connectivity index is 1.95. The van der Waals surface area contributed by atoms with E-state index in [1.807, 2.05) is 25.2 Å². The van der Waals surface area contributed by atoms with E-state index in [2.05, 4.69) is 17.6 Å². The maximum absolute atomic E-state index is 10.9. The molecule has 1 aliphatic rings. The Morgan fingerprint density at radius 3 is 2.95 bits per heavy atom. The van der Waals surface area contributed by atoms with Crippen molar-refractivity contribution >= 4 is 11.0 Å². The van der Waals surface area contributed by atoms with Gasteiger partial charge >= 0.3 is 0 Å². The Morgan fingerprint density at radius 1 is 1.42 bits per heavy atom. The number of aryl methyl sites for hydroxylation is 1. The van der Waals surface area contributed by atoms with Crippen LogP contribution in [0, 0.1) is 5.92 Å². The van der Waals surface area contributed by atoms with Crippen molar-refractivity contribution in [2.75, 3.05) is 0 Å². The summed E-state index contributed by atoms with van der Waals surface area (Å²) in [7, 11) is 2.05. The van der Waals surface area contributed by atoms with Crippen LogP contribution in [0.4, 0.5) is 0 Å². The fourth-order valence-corrected chi connectivity index (χ4v) is 3.57. The van der Waals surface area contributed by atoms with E-state index in [0.717, 1.165) is 42.5 Å². The van der Waals surface area contributed by atoms with E-state index >= 15 is 0 Å². The maximum atomic E-state index is 10.9. The lowest BCUT2D eigenvalue weighted by Gasteiger charge is -2.29. The van der Waals surface area contributed by atoms with Gasteiger partial charge in [-0.15, -0.1) is 0 Å². The monoisotopic (exact) mass is 258 g/mol. The molecule has 1 heterocycles. The Morgan fingerprint density at radius 2 is 2.21 bits per heavy atom. The number of imidazole rings is 1. The molecule has 0 spiro atoms. The van der Waals surface area contributed by atoms with E-state index in [4.69, 9.17) is 4.98 Å². The SMILES string of the molecule is CCC1CCCC1(O)Cc1nc2ccccc2n1C. The molecule has 0 saturated heterocycles. The topological polar surface area (TPSA) is 38.1 Å². The van der Waals surface area contributed by atoms with E-state index in [9.17, 15) is 5.11 Å². The molecule has 2 atom stereocenters. The predicted octanol–water partition coefficient (Wildman–Crippen LogP) is 3.06. The van der Waals surface area contributed by atoms with Crippen LogP contribution in [-0.4, -0.2) is 20.3 Å². The van der Waals surface area contributed by atoms with Crippen LogP contribution < -0.4 is 0 Å². The molecule has 1 N–H and O–H groups in total. The largest absolute Gasteiger partial charge is 0.389 e. The van der Waals surface area contributed by atoms with Crippen LogP contribution in [0.1, 0.15) is 38.4 Å². The molecule has 1 fully saturated rings. The standard InChI is InChI=1S/C16H22N2O/c1-3-12-7-6-10-16(12,19)11-15-17-13-8-4-5-9-14(13)18(15)2/h4-5,8-9,12,19H,3,6-7,10-11H2,1-2H3. The van der Waals surface area contributed by atoms with E-state index in [0.29, 0.717) is 12.3 Å². The third-order valence-corrected chi connectivity index (χ3v) is 4.76. The van der Waals surface area contributed by atoms with Gasteiger partial charge in [-0.25, -0.2) is 4.98 Å². The minimum atomic E-state index is -0.552. The van der Waals surface area contributed by atoms with Crippen LogP contribution >= 0.6 is 0 Å². The summed E-state index contributed by atoms with van der Waals surface area (Å²) in [5.41, 5.74) is 1.62. The predicted molar refractivity (Wildman–Crippen MR) is 77.0 cm³/mol. The zero-order valence-electron chi connectivity index (χ0n) is 11.8. The van der Waals surface area contributed by atoms with Gasteiger partial charge in [-0.3, -0.25) is 0 Å². The van der Waals surface area contributed by atoms with Gasteiger partial charge in [-0.05, 0) is 30.9 Å². The van der Waals surface area contributed by atoms with Gasteiger partial charge in [0.15, 0.2) is 0 Å². The molecule has 0 bridgehead atoms. The molecule has 1 aliphatic carbocycles. The zero-order chi connectivity index (χ0) is 13.5. The van der Waals surface area contributed by atoms with Gasteiger partial charge < -0.3 is 9.67 Å². The Bertz CT molecular complexity index is 589. The van der Waals surface area contributed by atoms with Crippen molar-refractivity contribution in [3.63, 3.8) is 0 Å². The van der Waals surface area contributed by atoms with Gasteiger partial charge in [0, 0.05) is 13.5 Å². The summed E-state index contributed by atoms with van der Waals surface area (Å²) >= 11 is 0. The highest BCUT2D eigenvalue weighted by Crippen LogP contribution is 2.40. The van der Waals surface area contributed by atoms with Gasteiger partial charge in [-0.1, -0.05) is 31.9 Å². The smallest absolute Gasteiger partial charge is 0.112 e. The van der Waals surface area contributed by atoms with Crippen molar-refractivity contribution in [2.45, 2.75) is 44.6 Å². The number of aliphatic hydroxyl groups is 1. The summed E-state index contributed by atoms with van der Waals surface area (Å²) in [4.78, 5) is 4.69. The third kappa shape index (κ3) is 2.06. The minimum Gasteiger partial charge on any atom is -0.389 e. The first-order chi connectivity index (χ1) is 9.14. The highest BCUT2D eigenvalue weighted by atomic mass is 16.3. The second-order valence-electron chi connectivity index (χ2n) is 5.85. The number of para-hydroxylation sites is 2. The van der Waals surface area contributed by atoms with Crippen molar-refractivity contribution in [3.8, 4) is 0 Å². The van der Waals surface area contributed by atoms with Gasteiger partial charge in [0.25, 0.3) is 0 Å². The first-order valence-electron chi connectivity index (χ1n) is 7.27. The van der Waals surface area contributed by atoms with Crippen LogP contribution in [0.15, 0.2) is 24.3 Å². The number of rotatable bonds is 3. The molecule has 3 heteroatoms. The molecular formula is C16H22N2O. The Kier molecular flexibility index (Phi) is 3.09. The van der Waals surface area contributed by atoms with Crippen molar-refractivity contribution in [2.24, 2.45) is 13.0 Å². The van der Waals surface area contributed by atoms with Crippen molar-refractivity contribution in [3.05, 3.63) is 30.1 Å². The summed E-state index contributed by atoms with van der Waals surface area (Å²) in [5.74, 6) is 1.43. The fraction of sp³-hybridized carbons (Fsp3) is 0.562. The number of aromatic nitrogens is 2. The molecular weight excluding hydrogens is 236 g/mol. The second kappa shape index (κ2) is 4.64. The van der Waals surface area contributed by atoms with Gasteiger partial charge in [-0.2, -0.15) is 0 Å². The summed E-state index contributed by atoms with van der Waals surface area (Å²) in [6.45, 7) is 2.18. The van der Waals surface area contributed by atoms with Gasteiger partial charge in [0.2, 0.25) is 0 Å². The van der Waals surface area contributed by atoms with Crippen LogP contribution in [0.2, 0.25) is 0 Å². The second-order valence-corrected chi connectivity index (χ2v) is 5.85. The summed E-state index contributed by atoms with van der Waals surface area (Å²) in [6, 6.07) is 8.17. The Hall–Kier alpha value is -1.35. The zero-order valence-corrected chi connectivity index (χ0v) is 11.8. The molecule has 1 aromatic heterocycles. The van der Waals surface area contributed by atoms with Gasteiger partial charge in [0.1, 0.15) is 5.82 Å². The molecule has 0 radical (unpaired) electrons. The molecule has 0 amide bonds. The Labute approximate surface area is 114 Å². The normalized spacial score (nSPS) is 27.2. The average Bonchev–Trinajstić information content (AvgIpc) is 2.92. The first-order valence-corrected chi connectivity index (χ1v) is 7.27.